The van der Waals surface area contributed by atoms with Crippen LogP contribution in [0, 0.1) is 5.82 Å². The summed E-state index contributed by atoms with van der Waals surface area (Å²) in [4.78, 5) is 27.7. The maximum atomic E-state index is 13.2. The van der Waals surface area contributed by atoms with Crippen molar-refractivity contribution in [1.82, 2.24) is 4.98 Å². The van der Waals surface area contributed by atoms with Crippen molar-refractivity contribution in [3.63, 3.8) is 0 Å². The van der Waals surface area contributed by atoms with Gasteiger partial charge in [0, 0.05) is 35.7 Å². The van der Waals surface area contributed by atoms with Crippen LogP contribution in [0.5, 0.6) is 0 Å². The first-order valence-corrected chi connectivity index (χ1v) is 8.65. The quantitative estimate of drug-likeness (QED) is 0.575. The summed E-state index contributed by atoms with van der Waals surface area (Å²) < 4.78 is 13.2. The third-order valence-corrected chi connectivity index (χ3v) is 3.97. The first kappa shape index (κ1) is 19.3. The highest BCUT2D eigenvalue weighted by atomic mass is 35.5. The molecule has 0 aliphatic carbocycles. The minimum absolute atomic E-state index is 0.0717. The summed E-state index contributed by atoms with van der Waals surface area (Å²) in [5, 5.41) is 8.35. The zero-order chi connectivity index (χ0) is 20.1. The minimum atomic E-state index is -0.556. The van der Waals surface area contributed by atoms with Gasteiger partial charge in [0.1, 0.15) is 11.6 Å². The first-order chi connectivity index (χ1) is 13.4. The van der Waals surface area contributed by atoms with E-state index in [9.17, 15) is 14.0 Å². The highest BCUT2D eigenvalue weighted by Crippen LogP contribution is 2.21. The predicted octanol–water partition coefficient (Wildman–Crippen LogP) is 4.83. The van der Waals surface area contributed by atoms with Crippen molar-refractivity contribution in [3.8, 4) is 0 Å². The molecule has 0 saturated carbocycles. The van der Waals surface area contributed by atoms with Crippen LogP contribution in [0.1, 0.15) is 17.3 Å². The van der Waals surface area contributed by atoms with Gasteiger partial charge in [0.15, 0.2) is 0 Å². The molecule has 0 bridgehead atoms. The van der Waals surface area contributed by atoms with Gasteiger partial charge in [-0.15, -0.1) is 0 Å². The van der Waals surface area contributed by atoms with Crippen LogP contribution in [0.4, 0.5) is 27.3 Å². The van der Waals surface area contributed by atoms with Gasteiger partial charge in [0.05, 0.1) is 5.02 Å². The average Bonchev–Trinajstić information content (AvgIpc) is 2.66. The summed E-state index contributed by atoms with van der Waals surface area (Å²) in [6.07, 6.45) is 1.50. The molecule has 0 fully saturated rings. The van der Waals surface area contributed by atoms with E-state index in [0.717, 1.165) is 5.69 Å². The van der Waals surface area contributed by atoms with E-state index in [1.165, 1.54) is 31.3 Å². The SMILES string of the molecule is CC(=O)Nc1ccc(Nc2cc(C(=O)Nc3ccc(F)c(Cl)c3)ccn2)cc1. The minimum Gasteiger partial charge on any atom is -0.340 e. The summed E-state index contributed by atoms with van der Waals surface area (Å²) in [6.45, 7) is 1.44. The number of benzene rings is 2. The second-order valence-electron chi connectivity index (χ2n) is 5.90. The fourth-order valence-electron chi connectivity index (χ4n) is 2.41. The molecule has 1 heterocycles. The highest BCUT2D eigenvalue weighted by molar-refractivity contribution is 6.31. The number of amides is 2. The van der Waals surface area contributed by atoms with E-state index in [2.05, 4.69) is 20.9 Å². The number of aromatic nitrogens is 1. The number of nitrogens with one attached hydrogen (secondary N) is 3. The Hall–Kier alpha value is -3.45. The zero-order valence-electron chi connectivity index (χ0n) is 14.8. The van der Waals surface area contributed by atoms with Gasteiger partial charge in [-0.2, -0.15) is 0 Å². The Bertz CT molecular complexity index is 1020. The van der Waals surface area contributed by atoms with E-state index in [1.807, 2.05) is 0 Å². The molecular formula is C20H16ClFN4O2. The van der Waals surface area contributed by atoms with Crippen molar-refractivity contribution >= 4 is 46.3 Å². The molecule has 2 amide bonds. The lowest BCUT2D eigenvalue weighted by Gasteiger charge is -2.09. The Morgan fingerprint density at radius 2 is 1.61 bits per heavy atom. The Morgan fingerprint density at radius 1 is 0.929 bits per heavy atom. The molecule has 3 aromatic rings. The second-order valence-corrected chi connectivity index (χ2v) is 6.30. The van der Waals surface area contributed by atoms with Crippen molar-refractivity contribution in [2.45, 2.75) is 6.92 Å². The topological polar surface area (TPSA) is 83.1 Å². The number of carbonyl (C=O) groups excluding carboxylic acids is 2. The zero-order valence-corrected chi connectivity index (χ0v) is 15.5. The monoisotopic (exact) mass is 398 g/mol. The molecule has 0 spiro atoms. The van der Waals surface area contributed by atoms with Crippen LogP contribution < -0.4 is 16.0 Å². The fraction of sp³-hybridized carbons (Fsp3) is 0.0500. The molecule has 2 aromatic carbocycles. The van der Waals surface area contributed by atoms with Crippen molar-refractivity contribution in [1.29, 1.82) is 0 Å². The molecular weight excluding hydrogens is 383 g/mol. The molecule has 28 heavy (non-hydrogen) atoms. The van der Waals surface area contributed by atoms with Gasteiger partial charge in [-0.3, -0.25) is 9.59 Å². The Morgan fingerprint density at radius 3 is 2.29 bits per heavy atom. The molecule has 3 N–H and O–H groups in total. The third-order valence-electron chi connectivity index (χ3n) is 3.68. The van der Waals surface area contributed by atoms with Crippen LogP contribution in [0.25, 0.3) is 0 Å². The molecule has 6 nitrogen and oxygen atoms in total. The number of rotatable bonds is 5. The van der Waals surface area contributed by atoms with E-state index >= 15 is 0 Å². The molecule has 0 atom stereocenters. The molecule has 8 heteroatoms. The van der Waals surface area contributed by atoms with Crippen molar-refractivity contribution in [2.24, 2.45) is 0 Å². The Labute approximate surface area is 165 Å². The lowest BCUT2D eigenvalue weighted by molar-refractivity contribution is -0.114. The molecule has 3 rings (SSSR count). The lowest BCUT2D eigenvalue weighted by Crippen LogP contribution is -2.12. The van der Waals surface area contributed by atoms with Crippen LogP contribution in [-0.2, 0) is 4.79 Å². The number of hydrogen-bond acceptors (Lipinski definition) is 4. The second kappa shape index (κ2) is 8.49. The van der Waals surface area contributed by atoms with Crippen LogP contribution in [0.15, 0.2) is 60.8 Å². The molecule has 1 aromatic heterocycles. The largest absolute Gasteiger partial charge is 0.340 e. The molecule has 0 unspecified atom stereocenters. The van der Waals surface area contributed by atoms with Gasteiger partial charge in [-0.25, -0.2) is 9.37 Å². The highest BCUT2D eigenvalue weighted by Gasteiger charge is 2.09. The maximum Gasteiger partial charge on any atom is 0.255 e. The van der Waals surface area contributed by atoms with Crippen molar-refractivity contribution in [3.05, 3.63) is 77.2 Å². The van der Waals surface area contributed by atoms with Gasteiger partial charge < -0.3 is 16.0 Å². The average molecular weight is 399 g/mol. The molecule has 0 saturated heterocycles. The summed E-state index contributed by atoms with van der Waals surface area (Å²) in [5.41, 5.74) is 2.17. The summed E-state index contributed by atoms with van der Waals surface area (Å²) in [6, 6.07) is 14.1. The predicted molar refractivity (Wildman–Crippen MR) is 108 cm³/mol. The van der Waals surface area contributed by atoms with Crippen molar-refractivity contribution in [2.75, 3.05) is 16.0 Å². The Kier molecular flexibility index (Phi) is 5.86. The fourth-order valence-corrected chi connectivity index (χ4v) is 2.59. The maximum absolute atomic E-state index is 13.2. The smallest absolute Gasteiger partial charge is 0.255 e. The van der Waals surface area contributed by atoms with E-state index in [4.69, 9.17) is 11.6 Å². The van der Waals surface area contributed by atoms with Gasteiger partial charge >= 0.3 is 0 Å². The van der Waals surface area contributed by atoms with Crippen LogP contribution in [-0.4, -0.2) is 16.8 Å². The van der Waals surface area contributed by atoms with E-state index in [1.54, 1.807) is 36.4 Å². The summed E-state index contributed by atoms with van der Waals surface area (Å²) in [7, 11) is 0. The Balaban J connectivity index is 1.70. The standard InChI is InChI=1S/C20H16ClFN4O2/c1-12(27)24-14-2-4-15(5-3-14)25-19-10-13(8-9-23-19)20(28)26-16-6-7-18(22)17(21)11-16/h2-11H,1H3,(H,23,25)(H,24,27)(H,26,28). The van der Waals surface area contributed by atoms with Gasteiger partial charge in [-0.1, -0.05) is 11.6 Å². The number of pyridine rings is 1. The number of nitrogens with zero attached hydrogens (tertiary/aromatic N) is 1. The van der Waals surface area contributed by atoms with Gasteiger partial charge in [0.25, 0.3) is 5.91 Å². The molecule has 0 radical (unpaired) electrons. The molecule has 0 aliphatic heterocycles. The molecule has 142 valence electrons. The number of carbonyl (C=O) groups is 2. The van der Waals surface area contributed by atoms with Gasteiger partial charge in [0.2, 0.25) is 5.91 Å². The number of anilines is 4. The summed E-state index contributed by atoms with van der Waals surface area (Å²) in [5.74, 6) is -0.616. The molecule has 0 aliphatic rings. The lowest BCUT2D eigenvalue weighted by atomic mass is 10.2. The van der Waals surface area contributed by atoms with Crippen LogP contribution >= 0.6 is 11.6 Å². The third kappa shape index (κ3) is 5.05. The van der Waals surface area contributed by atoms with Crippen LogP contribution in [0.3, 0.4) is 0 Å². The van der Waals surface area contributed by atoms with Gasteiger partial charge in [-0.05, 0) is 54.6 Å². The number of halogens is 2. The first-order valence-electron chi connectivity index (χ1n) is 8.28. The summed E-state index contributed by atoms with van der Waals surface area (Å²) >= 11 is 5.73. The normalized spacial score (nSPS) is 10.2. The van der Waals surface area contributed by atoms with E-state index < -0.39 is 5.82 Å². The van der Waals surface area contributed by atoms with E-state index in [-0.39, 0.29) is 16.8 Å². The van der Waals surface area contributed by atoms with E-state index in [0.29, 0.717) is 22.8 Å². The van der Waals surface area contributed by atoms with Crippen LogP contribution in [0.2, 0.25) is 5.02 Å². The van der Waals surface area contributed by atoms with Crippen molar-refractivity contribution < 1.29 is 14.0 Å². The number of hydrogen-bond donors (Lipinski definition) is 3.